The van der Waals surface area contributed by atoms with E-state index in [1.165, 1.54) is 6.42 Å². The van der Waals surface area contributed by atoms with Gasteiger partial charge in [0.1, 0.15) is 11.4 Å². The zero-order valence-electron chi connectivity index (χ0n) is 14.7. The summed E-state index contributed by atoms with van der Waals surface area (Å²) in [6.07, 6.45) is 5.50. The molecule has 6 heteroatoms. The van der Waals surface area contributed by atoms with Crippen molar-refractivity contribution in [1.29, 1.82) is 0 Å². The first-order valence-corrected chi connectivity index (χ1v) is 9.26. The summed E-state index contributed by atoms with van der Waals surface area (Å²) in [5.74, 6) is -0.609. The SMILES string of the molecule is Cc1ccc(NC(=O)c2cccc(C(=O)NC3CCCCC3)n2)cc1Cl. The number of anilines is 1. The first-order valence-electron chi connectivity index (χ1n) is 8.88. The van der Waals surface area contributed by atoms with Crippen molar-refractivity contribution in [3.05, 3.63) is 58.4 Å². The molecule has 0 aliphatic heterocycles. The van der Waals surface area contributed by atoms with Crippen LogP contribution in [0.4, 0.5) is 5.69 Å². The Balaban J connectivity index is 1.68. The maximum Gasteiger partial charge on any atom is 0.274 e. The van der Waals surface area contributed by atoms with Crippen LogP contribution < -0.4 is 10.6 Å². The number of amides is 2. The lowest BCUT2D eigenvalue weighted by Crippen LogP contribution is -2.36. The summed E-state index contributed by atoms with van der Waals surface area (Å²) < 4.78 is 0. The fourth-order valence-electron chi connectivity index (χ4n) is 3.06. The van der Waals surface area contributed by atoms with Gasteiger partial charge < -0.3 is 10.6 Å². The first kappa shape index (κ1) is 18.4. The second kappa shape index (κ2) is 8.32. The monoisotopic (exact) mass is 371 g/mol. The number of benzene rings is 1. The quantitative estimate of drug-likeness (QED) is 0.838. The molecule has 1 aliphatic rings. The van der Waals surface area contributed by atoms with Crippen molar-refractivity contribution < 1.29 is 9.59 Å². The molecule has 0 unspecified atom stereocenters. The van der Waals surface area contributed by atoms with E-state index in [0.717, 1.165) is 31.2 Å². The molecule has 1 aromatic carbocycles. The van der Waals surface area contributed by atoms with Gasteiger partial charge in [-0.2, -0.15) is 0 Å². The Kier molecular flexibility index (Phi) is 5.89. The predicted octanol–water partition coefficient (Wildman–Crippen LogP) is 4.36. The van der Waals surface area contributed by atoms with Gasteiger partial charge in [0.05, 0.1) is 0 Å². The average Bonchev–Trinajstić information content (AvgIpc) is 2.65. The van der Waals surface area contributed by atoms with Crippen molar-refractivity contribution >= 4 is 29.1 Å². The fourth-order valence-corrected chi connectivity index (χ4v) is 3.24. The first-order chi connectivity index (χ1) is 12.5. The molecule has 136 valence electrons. The standard InChI is InChI=1S/C20H22ClN3O2/c1-13-10-11-15(12-16(13)21)23-20(26)18-9-5-8-17(24-18)19(25)22-14-6-3-2-4-7-14/h5,8-12,14H,2-4,6-7H2,1H3,(H,22,25)(H,23,26). The van der Waals surface area contributed by atoms with Gasteiger partial charge >= 0.3 is 0 Å². The molecule has 0 bridgehead atoms. The Morgan fingerprint density at radius 1 is 1.04 bits per heavy atom. The van der Waals surface area contributed by atoms with Gasteiger partial charge in [0.25, 0.3) is 11.8 Å². The van der Waals surface area contributed by atoms with Crippen molar-refractivity contribution in [2.75, 3.05) is 5.32 Å². The summed E-state index contributed by atoms with van der Waals surface area (Å²) in [5, 5.41) is 6.35. The van der Waals surface area contributed by atoms with Crippen LogP contribution in [0, 0.1) is 6.92 Å². The number of carbonyl (C=O) groups is 2. The smallest absolute Gasteiger partial charge is 0.274 e. The van der Waals surface area contributed by atoms with E-state index in [0.29, 0.717) is 10.7 Å². The molecule has 2 aromatic rings. The molecule has 2 amide bonds. The minimum absolute atomic E-state index is 0.193. The van der Waals surface area contributed by atoms with E-state index in [2.05, 4.69) is 15.6 Å². The molecule has 3 rings (SSSR count). The molecule has 1 aliphatic carbocycles. The summed E-state index contributed by atoms with van der Waals surface area (Å²) >= 11 is 6.08. The summed E-state index contributed by atoms with van der Waals surface area (Å²) in [6, 6.07) is 10.4. The molecular formula is C20H22ClN3O2. The zero-order valence-corrected chi connectivity index (χ0v) is 15.5. The van der Waals surface area contributed by atoms with E-state index in [4.69, 9.17) is 11.6 Å². The summed E-state index contributed by atoms with van der Waals surface area (Å²) in [4.78, 5) is 29.0. The van der Waals surface area contributed by atoms with Crippen LogP contribution in [0.15, 0.2) is 36.4 Å². The summed E-state index contributed by atoms with van der Waals surface area (Å²) in [5.41, 5.74) is 1.97. The van der Waals surface area contributed by atoms with Crippen LogP contribution in [-0.4, -0.2) is 22.8 Å². The van der Waals surface area contributed by atoms with E-state index in [1.54, 1.807) is 30.3 Å². The minimum Gasteiger partial charge on any atom is -0.348 e. The van der Waals surface area contributed by atoms with Gasteiger partial charge in [-0.25, -0.2) is 4.98 Å². The zero-order chi connectivity index (χ0) is 18.5. The second-order valence-corrected chi connectivity index (χ2v) is 7.04. The molecule has 0 saturated heterocycles. The van der Waals surface area contributed by atoms with Crippen LogP contribution in [0.25, 0.3) is 0 Å². The second-order valence-electron chi connectivity index (χ2n) is 6.63. The Labute approximate surface area is 158 Å². The van der Waals surface area contributed by atoms with Crippen molar-refractivity contribution in [3.8, 4) is 0 Å². The van der Waals surface area contributed by atoms with Crippen molar-refractivity contribution in [2.24, 2.45) is 0 Å². The maximum atomic E-state index is 12.4. The molecular weight excluding hydrogens is 350 g/mol. The Morgan fingerprint density at radius 2 is 1.73 bits per heavy atom. The number of aryl methyl sites for hydroxylation is 1. The topological polar surface area (TPSA) is 71.1 Å². The van der Waals surface area contributed by atoms with Gasteiger partial charge in [-0.05, 0) is 49.6 Å². The average molecular weight is 372 g/mol. The van der Waals surface area contributed by atoms with Gasteiger partial charge in [0.15, 0.2) is 0 Å². The van der Waals surface area contributed by atoms with E-state index in [-0.39, 0.29) is 29.2 Å². The molecule has 26 heavy (non-hydrogen) atoms. The molecule has 1 saturated carbocycles. The van der Waals surface area contributed by atoms with E-state index >= 15 is 0 Å². The van der Waals surface area contributed by atoms with Crippen LogP contribution >= 0.6 is 11.6 Å². The Bertz CT molecular complexity index is 816. The number of pyridine rings is 1. The number of carbonyl (C=O) groups excluding carboxylic acids is 2. The maximum absolute atomic E-state index is 12.4. The van der Waals surface area contributed by atoms with Gasteiger partial charge in [-0.3, -0.25) is 9.59 Å². The third kappa shape index (κ3) is 4.61. The fraction of sp³-hybridized carbons (Fsp3) is 0.350. The van der Waals surface area contributed by atoms with Crippen LogP contribution in [0.2, 0.25) is 5.02 Å². The highest BCUT2D eigenvalue weighted by Crippen LogP contribution is 2.20. The van der Waals surface area contributed by atoms with Gasteiger partial charge in [0, 0.05) is 16.8 Å². The molecule has 1 heterocycles. The minimum atomic E-state index is -0.378. The Morgan fingerprint density at radius 3 is 2.42 bits per heavy atom. The molecule has 0 radical (unpaired) electrons. The lowest BCUT2D eigenvalue weighted by atomic mass is 9.95. The van der Waals surface area contributed by atoms with Crippen molar-refractivity contribution in [1.82, 2.24) is 10.3 Å². The van der Waals surface area contributed by atoms with Crippen LogP contribution in [0.3, 0.4) is 0 Å². The van der Waals surface area contributed by atoms with Crippen molar-refractivity contribution in [2.45, 2.75) is 45.1 Å². The largest absolute Gasteiger partial charge is 0.348 e. The number of hydrogen-bond donors (Lipinski definition) is 2. The number of halogens is 1. The molecule has 1 fully saturated rings. The highest BCUT2D eigenvalue weighted by atomic mass is 35.5. The van der Waals surface area contributed by atoms with Gasteiger partial charge in [0.2, 0.25) is 0 Å². The van der Waals surface area contributed by atoms with Gasteiger partial charge in [-0.15, -0.1) is 0 Å². The Hall–Kier alpha value is -2.40. The number of rotatable bonds is 4. The number of aromatic nitrogens is 1. The van der Waals surface area contributed by atoms with Crippen LogP contribution in [-0.2, 0) is 0 Å². The third-order valence-electron chi connectivity index (χ3n) is 4.58. The van der Waals surface area contributed by atoms with Crippen LogP contribution in [0.1, 0.15) is 58.6 Å². The normalized spacial score (nSPS) is 14.7. The molecule has 1 aromatic heterocycles. The lowest BCUT2D eigenvalue weighted by Gasteiger charge is -2.22. The highest BCUT2D eigenvalue weighted by Gasteiger charge is 2.18. The predicted molar refractivity (Wildman–Crippen MR) is 103 cm³/mol. The van der Waals surface area contributed by atoms with Gasteiger partial charge in [-0.1, -0.05) is 43.0 Å². The van der Waals surface area contributed by atoms with Crippen LogP contribution in [0.5, 0.6) is 0 Å². The molecule has 0 spiro atoms. The summed E-state index contributed by atoms with van der Waals surface area (Å²) in [7, 11) is 0. The lowest BCUT2D eigenvalue weighted by molar-refractivity contribution is 0.0922. The van der Waals surface area contributed by atoms with E-state index in [1.807, 2.05) is 13.0 Å². The summed E-state index contributed by atoms with van der Waals surface area (Å²) in [6.45, 7) is 1.89. The number of hydrogen-bond acceptors (Lipinski definition) is 3. The molecule has 0 atom stereocenters. The highest BCUT2D eigenvalue weighted by molar-refractivity contribution is 6.31. The van der Waals surface area contributed by atoms with E-state index in [9.17, 15) is 9.59 Å². The number of nitrogens with one attached hydrogen (secondary N) is 2. The van der Waals surface area contributed by atoms with E-state index < -0.39 is 0 Å². The number of nitrogens with zero attached hydrogens (tertiary/aromatic N) is 1. The van der Waals surface area contributed by atoms with Crippen molar-refractivity contribution in [3.63, 3.8) is 0 Å². The molecule has 5 nitrogen and oxygen atoms in total. The third-order valence-corrected chi connectivity index (χ3v) is 4.99. The molecule has 2 N–H and O–H groups in total.